The van der Waals surface area contributed by atoms with Gasteiger partial charge in [-0.15, -0.1) is 0 Å². The summed E-state index contributed by atoms with van der Waals surface area (Å²) < 4.78 is 0. The lowest BCUT2D eigenvalue weighted by Gasteiger charge is -2.34. The zero-order valence-corrected chi connectivity index (χ0v) is 52.3. The van der Waals surface area contributed by atoms with Crippen LogP contribution in [-0.2, 0) is 72.0 Å². The van der Waals surface area contributed by atoms with Crippen LogP contribution in [0.3, 0.4) is 0 Å². The number of benzene rings is 3. The molecule has 1 fully saturated rings. The van der Waals surface area contributed by atoms with E-state index < -0.39 is 131 Å². The molecule has 2 unspecified atom stereocenters. The molecule has 0 bridgehead atoms. The van der Waals surface area contributed by atoms with Gasteiger partial charge in [0.1, 0.15) is 48.3 Å². The van der Waals surface area contributed by atoms with Crippen LogP contribution < -0.4 is 43.0 Å². The number of hydrogen-bond acceptors (Lipinski definition) is 12. The number of primary amides is 1. The molecule has 4 rings (SSSR count). The molecule has 0 saturated carbocycles. The second-order valence-electron chi connectivity index (χ2n) is 23.7. The Morgan fingerprint density at radius 2 is 0.931 bits per heavy atom. The van der Waals surface area contributed by atoms with Gasteiger partial charge < -0.3 is 62.8 Å². The van der Waals surface area contributed by atoms with Crippen LogP contribution in [0.15, 0.2) is 91.0 Å². The van der Waals surface area contributed by atoms with Crippen molar-refractivity contribution in [2.45, 2.75) is 181 Å². The van der Waals surface area contributed by atoms with Crippen molar-refractivity contribution in [3.8, 4) is 0 Å². The summed E-state index contributed by atoms with van der Waals surface area (Å²) in [5.74, 6) is -9.13. The summed E-state index contributed by atoms with van der Waals surface area (Å²) >= 11 is 0. The summed E-state index contributed by atoms with van der Waals surface area (Å²) in [6, 6.07) is 14.1. The fraction of sp³-hybridized carbons (Fsp3) is 0.547. The van der Waals surface area contributed by atoms with Crippen molar-refractivity contribution in [2.75, 3.05) is 27.2 Å². The molecule has 87 heavy (non-hydrogen) atoms. The van der Waals surface area contributed by atoms with Crippen LogP contribution in [0, 0.1) is 17.8 Å². The smallest absolute Gasteiger partial charge is 0.255 e. The molecule has 3 aromatic rings. The van der Waals surface area contributed by atoms with Crippen LogP contribution in [-0.4, -0.2) is 172 Å². The molecule has 0 aliphatic carbocycles. The first-order chi connectivity index (χ1) is 41.1. The molecule has 10 N–H and O–H groups in total. The van der Waals surface area contributed by atoms with Gasteiger partial charge in [0.15, 0.2) is 6.04 Å². The van der Waals surface area contributed by atoms with E-state index in [4.69, 9.17) is 5.73 Å². The fourth-order valence-corrected chi connectivity index (χ4v) is 10.2. The van der Waals surface area contributed by atoms with Gasteiger partial charge in [0.2, 0.25) is 53.2 Å². The maximum Gasteiger partial charge on any atom is 0.255 e. The van der Waals surface area contributed by atoms with Gasteiger partial charge in [0.05, 0.1) is 6.10 Å². The van der Waals surface area contributed by atoms with E-state index in [1.54, 1.807) is 91.9 Å². The number of likely N-dealkylation sites (tertiary alicyclic amines) is 1. The Morgan fingerprint density at radius 1 is 0.506 bits per heavy atom. The first kappa shape index (κ1) is 71.3. The summed E-state index contributed by atoms with van der Waals surface area (Å²) in [5.41, 5.74) is 7.68. The van der Waals surface area contributed by atoms with E-state index in [1.165, 1.54) is 44.7 Å². The van der Waals surface area contributed by atoms with Crippen molar-refractivity contribution < 1.29 is 57.8 Å². The monoisotopic (exact) mass is 1210 g/mol. The highest BCUT2D eigenvalue weighted by Crippen LogP contribution is 2.19. The van der Waals surface area contributed by atoms with Gasteiger partial charge in [0.25, 0.3) is 11.8 Å². The van der Waals surface area contributed by atoms with E-state index in [-0.39, 0.29) is 43.9 Å². The minimum atomic E-state index is -1.74. The van der Waals surface area contributed by atoms with Gasteiger partial charge in [-0.2, -0.15) is 0 Å². The highest BCUT2D eigenvalue weighted by Gasteiger charge is 2.41. The van der Waals surface area contributed by atoms with Gasteiger partial charge in [-0.1, -0.05) is 139 Å². The third-order valence-electron chi connectivity index (χ3n) is 15.6. The number of nitrogens with one attached hydrogen (secondary N) is 7. The van der Waals surface area contributed by atoms with Crippen molar-refractivity contribution in [1.29, 1.82) is 0 Å². The van der Waals surface area contributed by atoms with Crippen molar-refractivity contribution >= 4 is 65.0 Å². The van der Waals surface area contributed by atoms with Crippen LogP contribution in [0.5, 0.6) is 0 Å². The quantitative estimate of drug-likeness (QED) is 0.0405. The maximum absolute atomic E-state index is 14.9. The number of carbonyl (C=O) groups excluding carboxylic acids is 11. The van der Waals surface area contributed by atoms with Crippen molar-refractivity contribution in [1.82, 2.24) is 51.9 Å². The number of nitrogens with two attached hydrogens (primary N) is 1. The number of nitrogens with zero attached hydrogens (tertiary/aromatic N) is 3. The second-order valence-corrected chi connectivity index (χ2v) is 23.7. The molecule has 23 nitrogen and oxygen atoms in total. The number of aliphatic hydroxyl groups is 1. The fourth-order valence-electron chi connectivity index (χ4n) is 10.2. The summed E-state index contributed by atoms with van der Waals surface area (Å²) in [6.45, 7) is 15.6. The Labute approximate surface area is 511 Å². The topological polar surface area (TPSA) is 328 Å². The second kappa shape index (κ2) is 34.8. The van der Waals surface area contributed by atoms with E-state index in [1.807, 2.05) is 40.7 Å². The first-order valence-corrected chi connectivity index (χ1v) is 30.1. The van der Waals surface area contributed by atoms with Crippen LogP contribution in [0.25, 0.3) is 0 Å². The zero-order valence-electron chi connectivity index (χ0n) is 52.3. The molecule has 11 amide bonds. The number of carbonyl (C=O) groups is 11. The third kappa shape index (κ3) is 22.2. The average Bonchev–Trinajstić information content (AvgIpc) is 3.37. The number of piperidine rings is 1. The zero-order chi connectivity index (χ0) is 64.7. The van der Waals surface area contributed by atoms with Gasteiger partial charge in [0, 0.05) is 53.4 Å². The molecule has 3 aromatic carbocycles. The summed E-state index contributed by atoms with van der Waals surface area (Å²) in [6.07, 6.45) is 1.32. The highest BCUT2D eigenvalue weighted by atomic mass is 16.3. The molecule has 23 heteroatoms. The van der Waals surface area contributed by atoms with E-state index >= 15 is 0 Å². The number of rotatable bonds is 32. The van der Waals surface area contributed by atoms with Crippen LogP contribution in [0.4, 0.5) is 0 Å². The minimum Gasteiger partial charge on any atom is -0.391 e. The molecule has 11 atom stereocenters. The molecule has 0 radical (unpaired) electrons. The number of hydrogen-bond donors (Lipinski definition) is 9. The Kier molecular flexibility index (Phi) is 28.5. The number of aliphatic hydroxyl groups excluding tert-OH is 1. The van der Waals surface area contributed by atoms with Gasteiger partial charge in [-0.3, -0.25) is 52.7 Å². The highest BCUT2D eigenvalue weighted by molar-refractivity contribution is 6.08. The molecule has 1 heterocycles. The minimum absolute atomic E-state index is 0.0841. The predicted octanol–water partition coefficient (Wildman–Crippen LogP) is 1.82. The molecule has 0 spiro atoms. The lowest BCUT2D eigenvalue weighted by Crippen LogP contribution is -2.63. The van der Waals surface area contributed by atoms with Gasteiger partial charge >= 0.3 is 0 Å². The number of likely N-dealkylation sites (N-methyl/N-ethyl adjacent to an activating group) is 2. The Bertz CT molecular complexity index is 2800. The Balaban J connectivity index is 1.60. The van der Waals surface area contributed by atoms with E-state index in [0.29, 0.717) is 30.6 Å². The summed E-state index contributed by atoms with van der Waals surface area (Å²) in [5, 5.41) is 29.9. The molecule has 1 saturated heterocycles. The third-order valence-corrected chi connectivity index (χ3v) is 15.6. The molecule has 0 aromatic heterocycles. The molecular weight excluding hydrogens is 1110 g/mol. The molecular formula is C64H93N11O12. The van der Waals surface area contributed by atoms with Crippen molar-refractivity contribution in [3.63, 3.8) is 0 Å². The summed E-state index contributed by atoms with van der Waals surface area (Å²) in [7, 11) is 2.73. The standard InChI is InChI=1S/C64H93N11O12/c1-12-40(6)52(60(83)67-47(55(65)78)35-44-25-17-13-18-26-44)71-59(82)51(34-39(4)5)74(11)62(85)50(33-38(2)3)70-57(80)48(36-45-27-19-14-20-28-45)69-61(84)53(42(8)76)72-58(81)49(37-46-29-21-15-22-30-46)68-56(79)41(7)73(10)63(86)54(66-43(9)77)64(87)75-31-23-16-24-32-75/h13-15,17-22,25-30,38-42,47-54,76H,12,16,23-24,31-37H2,1-11H3,(H2,65,78)(H,66,77)(H,67,83)(H,68,79)(H,69,84)(H,70,80)(H,71,82)(H,72,81)/t40-,41+,42+,47?,48-,49-,50?,51-,52-,53-,54-/m0/s1. The van der Waals surface area contributed by atoms with Gasteiger partial charge in [-0.25, -0.2) is 0 Å². The van der Waals surface area contributed by atoms with Gasteiger partial charge in [-0.05, 0) is 80.4 Å². The predicted molar refractivity (Wildman–Crippen MR) is 328 cm³/mol. The number of amides is 11. The van der Waals surface area contributed by atoms with E-state index in [2.05, 4.69) is 37.2 Å². The largest absolute Gasteiger partial charge is 0.391 e. The lowest BCUT2D eigenvalue weighted by atomic mass is 9.95. The normalized spacial score (nSPS) is 16.1. The van der Waals surface area contributed by atoms with Crippen LogP contribution in [0.2, 0.25) is 0 Å². The SMILES string of the molecule is CC[C@H](C)[C@H](NC(=O)[C@H](CC(C)C)N(C)C(=O)C(CC(C)C)NC(=O)[C@H](Cc1ccccc1)NC(=O)[C@@H](NC(=O)[C@H](Cc1ccccc1)NC(=O)[C@@H](C)N(C)C(=O)[C@H](NC(C)=O)C(=O)N1CCCCC1)[C@@H](C)O)C(=O)NC(Cc1ccccc1)C(N)=O. The van der Waals surface area contributed by atoms with Crippen LogP contribution in [0.1, 0.15) is 118 Å². The van der Waals surface area contributed by atoms with E-state index in [9.17, 15) is 57.8 Å². The molecule has 1 aliphatic heterocycles. The van der Waals surface area contributed by atoms with E-state index in [0.717, 1.165) is 29.7 Å². The lowest BCUT2D eigenvalue weighted by molar-refractivity contribution is -0.149. The average molecular weight is 1210 g/mol. The first-order valence-electron chi connectivity index (χ1n) is 30.1. The summed E-state index contributed by atoms with van der Waals surface area (Å²) in [4.78, 5) is 157. The molecule has 1 aliphatic rings. The molecule has 476 valence electrons. The van der Waals surface area contributed by atoms with Crippen LogP contribution >= 0.6 is 0 Å². The Morgan fingerprint density at radius 3 is 1.38 bits per heavy atom. The Hall–Kier alpha value is -8.21. The van der Waals surface area contributed by atoms with Crippen molar-refractivity contribution in [3.05, 3.63) is 108 Å². The maximum atomic E-state index is 14.9. The van der Waals surface area contributed by atoms with Crippen molar-refractivity contribution in [2.24, 2.45) is 23.5 Å².